The molecule has 8 heteroatoms. The summed E-state index contributed by atoms with van der Waals surface area (Å²) >= 11 is 6.01. The molecule has 0 bridgehead atoms. The summed E-state index contributed by atoms with van der Waals surface area (Å²) in [5.41, 5.74) is -0.603. The monoisotopic (exact) mass is 397 g/mol. The highest BCUT2D eigenvalue weighted by atomic mass is 35.5. The maximum atomic E-state index is 14.0. The van der Waals surface area contributed by atoms with E-state index >= 15 is 0 Å². The lowest BCUT2D eigenvalue weighted by Crippen LogP contribution is -2.57. The van der Waals surface area contributed by atoms with E-state index in [4.69, 9.17) is 16.3 Å². The van der Waals surface area contributed by atoms with Crippen molar-refractivity contribution in [2.45, 2.75) is 12.8 Å². The Morgan fingerprint density at radius 1 is 1.19 bits per heavy atom. The average Bonchev–Trinajstić information content (AvgIpc) is 2.68. The molecule has 2 aliphatic rings. The molecule has 0 aromatic heterocycles. The Kier molecular flexibility index (Phi) is 6.34. The van der Waals surface area contributed by atoms with Gasteiger partial charge in [-0.25, -0.2) is 4.39 Å². The minimum atomic E-state index is -0.625. The molecule has 0 spiro atoms. The van der Waals surface area contributed by atoms with Crippen LogP contribution in [0, 0.1) is 11.2 Å². The van der Waals surface area contributed by atoms with Gasteiger partial charge in [-0.15, -0.1) is 0 Å². The summed E-state index contributed by atoms with van der Waals surface area (Å²) in [5.74, 6) is -0.972. The van der Waals surface area contributed by atoms with Crippen molar-refractivity contribution in [1.29, 1.82) is 0 Å². The number of nitrogens with one attached hydrogen (secondary N) is 1. The van der Waals surface area contributed by atoms with Crippen LogP contribution in [0.1, 0.15) is 23.2 Å². The lowest BCUT2D eigenvalue weighted by atomic mass is 9.78. The molecule has 6 nitrogen and oxygen atoms in total. The molecule has 0 aliphatic carbocycles. The Labute approximate surface area is 163 Å². The maximum Gasteiger partial charge on any atom is 0.258 e. The van der Waals surface area contributed by atoms with Crippen LogP contribution < -0.4 is 5.32 Å². The van der Waals surface area contributed by atoms with E-state index in [1.807, 2.05) is 0 Å². The van der Waals surface area contributed by atoms with Gasteiger partial charge < -0.3 is 19.9 Å². The first-order valence-electron chi connectivity index (χ1n) is 9.21. The molecule has 1 aromatic rings. The van der Waals surface area contributed by atoms with Gasteiger partial charge >= 0.3 is 0 Å². The molecule has 2 saturated heterocycles. The van der Waals surface area contributed by atoms with Crippen molar-refractivity contribution in [3.8, 4) is 0 Å². The number of benzene rings is 1. The Morgan fingerprint density at radius 2 is 1.81 bits per heavy atom. The lowest BCUT2D eigenvalue weighted by molar-refractivity contribution is -0.149. The number of hydrogen-bond donors (Lipinski definition) is 1. The topological polar surface area (TPSA) is 61.9 Å². The Hall–Kier alpha value is -1.70. The number of ether oxygens (including phenoxy) is 1. The Balaban J connectivity index is 1.66. The van der Waals surface area contributed by atoms with Crippen LogP contribution in [-0.2, 0) is 9.53 Å². The molecule has 2 fully saturated rings. The number of carbonyl (C=O) groups excluding carboxylic acids is 2. The second kappa shape index (κ2) is 8.54. The van der Waals surface area contributed by atoms with Crippen LogP contribution in [0.4, 0.5) is 4.39 Å². The molecule has 148 valence electrons. The largest absolute Gasteiger partial charge is 0.384 e. The van der Waals surface area contributed by atoms with E-state index in [-0.39, 0.29) is 16.5 Å². The number of hydrogen-bond acceptors (Lipinski definition) is 4. The quantitative estimate of drug-likeness (QED) is 0.841. The minimum Gasteiger partial charge on any atom is -0.384 e. The number of carbonyl (C=O) groups is 2. The van der Waals surface area contributed by atoms with Crippen LogP contribution >= 0.6 is 11.6 Å². The molecule has 2 heterocycles. The zero-order valence-electron chi connectivity index (χ0n) is 15.5. The van der Waals surface area contributed by atoms with Crippen LogP contribution in [0.25, 0.3) is 0 Å². The number of nitrogens with zero attached hydrogens (tertiary/aromatic N) is 2. The lowest BCUT2D eigenvalue weighted by Gasteiger charge is -2.42. The van der Waals surface area contributed by atoms with E-state index in [1.54, 1.807) is 16.9 Å². The molecule has 1 N–H and O–H groups in total. The second-order valence-corrected chi connectivity index (χ2v) is 7.55. The first-order chi connectivity index (χ1) is 13.0. The van der Waals surface area contributed by atoms with Crippen molar-refractivity contribution in [3.63, 3.8) is 0 Å². The minimum absolute atomic E-state index is 0.0851. The van der Waals surface area contributed by atoms with Crippen molar-refractivity contribution in [2.75, 3.05) is 53.0 Å². The number of amides is 2. The normalized spacial score (nSPS) is 19.8. The fourth-order valence-electron chi connectivity index (χ4n) is 3.91. The van der Waals surface area contributed by atoms with E-state index in [9.17, 15) is 14.0 Å². The summed E-state index contributed by atoms with van der Waals surface area (Å²) in [5, 5.41) is 3.38. The number of rotatable bonds is 4. The van der Waals surface area contributed by atoms with Crippen molar-refractivity contribution < 1.29 is 18.7 Å². The first-order valence-corrected chi connectivity index (χ1v) is 9.59. The van der Waals surface area contributed by atoms with Crippen LogP contribution in [0.3, 0.4) is 0 Å². The molecule has 2 aliphatic heterocycles. The smallest absolute Gasteiger partial charge is 0.258 e. The Bertz CT molecular complexity index is 676. The molecular formula is C19H25ClFN3O3. The molecule has 3 rings (SSSR count). The highest BCUT2D eigenvalue weighted by Gasteiger charge is 2.43. The molecule has 0 radical (unpaired) electrons. The van der Waals surface area contributed by atoms with Crippen LogP contribution in [0.15, 0.2) is 18.2 Å². The zero-order valence-corrected chi connectivity index (χ0v) is 16.2. The predicted octanol–water partition coefficient (Wildman–Crippen LogP) is 1.78. The molecule has 1 aromatic carbocycles. The van der Waals surface area contributed by atoms with Gasteiger partial charge in [-0.1, -0.05) is 17.7 Å². The summed E-state index contributed by atoms with van der Waals surface area (Å²) in [6.07, 6.45) is 1.48. The van der Waals surface area contributed by atoms with Gasteiger partial charge in [-0.3, -0.25) is 9.59 Å². The average molecular weight is 398 g/mol. The summed E-state index contributed by atoms with van der Waals surface area (Å²) < 4.78 is 19.4. The van der Waals surface area contributed by atoms with Crippen LogP contribution in [0.5, 0.6) is 0 Å². The van der Waals surface area contributed by atoms with Crippen molar-refractivity contribution >= 4 is 23.4 Å². The van der Waals surface area contributed by atoms with Gasteiger partial charge in [-0.2, -0.15) is 0 Å². The van der Waals surface area contributed by atoms with Gasteiger partial charge in [-0.05, 0) is 38.1 Å². The fourth-order valence-corrected chi connectivity index (χ4v) is 4.15. The Morgan fingerprint density at radius 3 is 2.41 bits per heavy atom. The molecule has 0 saturated carbocycles. The highest BCUT2D eigenvalue weighted by Crippen LogP contribution is 2.32. The van der Waals surface area contributed by atoms with E-state index < -0.39 is 17.1 Å². The maximum absolute atomic E-state index is 14.0. The van der Waals surface area contributed by atoms with Gasteiger partial charge in [0.15, 0.2) is 0 Å². The van der Waals surface area contributed by atoms with Gasteiger partial charge in [0.1, 0.15) is 5.82 Å². The molecule has 2 amide bonds. The van der Waals surface area contributed by atoms with E-state index in [0.29, 0.717) is 32.8 Å². The summed E-state index contributed by atoms with van der Waals surface area (Å²) in [7, 11) is 1.62. The van der Waals surface area contributed by atoms with E-state index in [2.05, 4.69) is 5.32 Å². The summed E-state index contributed by atoms with van der Waals surface area (Å²) in [4.78, 5) is 29.2. The third-order valence-corrected chi connectivity index (χ3v) is 5.78. The second-order valence-electron chi connectivity index (χ2n) is 7.14. The molecular weight excluding hydrogens is 373 g/mol. The predicted molar refractivity (Wildman–Crippen MR) is 100 cm³/mol. The van der Waals surface area contributed by atoms with Crippen molar-refractivity contribution in [2.24, 2.45) is 5.41 Å². The SMILES string of the molecule is COCC1(C(=O)N2CCN(C(=O)c3c(F)cccc3Cl)CC2)CCNCC1. The zero-order chi connectivity index (χ0) is 19.4. The van der Waals surface area contributed by atoms with Gasteiger partial charge in [0.2, 0.25) is 5.91 Å². The summed E-state index contributed by atoms with van der Waals surface area (Å²) in [6.45, 7) is 3.55. The first kappa shape index (κ1) is 20.0. The highest BCUT2D eigenvalue weighted by molar-refractivity contribution is 6.33. The molecule has 0 unspecified atom stereocenters. The van der Waals surface area contributed by atoms with Crippen molar-refractivity contribution in [1.82, 2.24) is 15.1 Å². The van der Waals surface area contributed by atoms with Crippen LogP contribution in [0.2, 0.25) is 5.02 Å². The van der Waals surface area contributed by atoms with Gasteiger partial charge in [0.05, 0.1) is 22.6 Å². The van der Waals surface area contributed by atoms with Gasteiger partial charge in [0, 0.05) is 33.3 Å². The van der Waals surface area contributed by atoms with Crippen LogP contribution in [-0.4, -0.2) is 74.6 Å². The molecule has 0 atom stereocenters. The fraction of sp³-hybridized carbons (Fsp3) is 0.579. The van der Waals surface area contributed by atoms with E-state index in [0.717, 1.165) is 25.9 Å². The summed E-state index contributed by atoms with van der Waals surface area (Å²) in [6, 6.07) is 4.20. The van der Waals surface area contributed by atoms with Gasteiger partial charge in [0.25, 0.3) is 5.91 Å². The standard InChI is InChI=1S/C19H25ClFN3O3/c1-27-13-19(5-7-22-8-6-19)18(26)24-11-9-23(10-12-24)17(25)16-14(20)3-2-4-15(16)21/h2-4,22H,5-13H2,1H3. The number of piperidine rings is 1. The third kappa shape index (κ3) is 4.10. The molecule has 27 heavy (non-hydrogen) atoms. The van der Waals surface area contributed by atoms with Crippen molar-refractivity contribution in [3.05, 3.63) is 34.6 Å². The van der Waals surface area contributed by atoms with E-state index in [1.165, 1.54) is 18.2 Å². The number of piperazine rings is 1. The number of methoxy groups -OCH3 is 1. The number of halogens is 2. The third-order valence-electron chi connectivity index (χ3n) is 5.47.